The van der Waals surface area contributed by atoms with E-state index in [1.54, 1.807) is 4.90 Å². The Morgan fingerprint density at radius 2 is 2.00 bits per heavy atom. The highest BCUT2D eigenvalue weighted by Crippen LogP contribution is 2.16. The molecular weight excluding hydrogens is 252 g/mol. The molecule has 1 unspecified atom stereocenters. The molecule has 2 amide bonds. The van der Waals surface area contributed by atoms with Gasteiger partial charge >= 0.3 is 11.8 Å². The van der Waals surface area contributed by atoms with Crippen molar-refractivity contribution in [1.29, 1.82) is 0 Å². The van der Waals surface area contributed by atoms with Crippen molar-refractivity contribution in [3.8, 4) is 0 Å². The molecule has 0 bridgehead atoms. The third kappa shape index (κ3) is 3.59. The average Bonchev–Trinajstić information content (AvgIpc) is 2.47. The maximum absolute atomic E-state index is 12.1. The Morgan fingerprint density at radius 1 is 1.30 bits per heavy atom. The van der Waals surface area contributed by atoms with Gasteiger partial charge in [-0.3, -0.25) is 9.59 Å². The van der Waals surface area contributed by atoms with E-state index in [2.05, 4.69) is 19.2 Å². The molecule has 1 saturated heterocycles. The summed E-state index contributed by atoms with van der Waals surface area (Å²) >= 11 is 0. The number of rotatable bonds is 2. The molecule has 1 heterocycles. The summed E-state index contributed by atoms with van der Waals surface area (Å²) in [4.78, 5) is 25.7. The molecular formula is C16H22N2O2. The largest absolute Gasteiger partial charge is 0.334 e. The number of nitrogens with zero attached hydrogens (tertiary/aromatic N) is 1. The van der Waals surface area contributed by atoms with Crippen molar-refractivity contribution in [2.45, 2.75) is 33.1 Å². The van der Waals surface area contributed by atoms with E-state index in [-0.39, 0.29) is 0 Å². The van der Waals surface area contributed by atoms with Gasteiger partial charge in [-0.25, -0.2) is 0 Å². The van der Waals surface area contributed by atoms with Crippen LogP contribution in [0.5, 0.6) is 0 Å². The van der Waals surface area contributed by atoms with Crippen LogP contribution in [0.1, 0.15) is 32.3 Å². The second kappa shape index (κ2) is 6.55. The molecule has 1 aromatic rings. The lowest BCUT2D eigenvalue weighted by molar-refractivity contribution is -0.144. The molecule has 1 N–H and O–H groups in total. The number of carbonyl (C=O) groups excluding carboxylic acids is 2. The highest BCUT2D eigenvalue weighted by molar-refractivity contribution is 6.39. The van der Waals surface area contributed by atoms with E-state index in [0.29, 0.717) is 24.7 Å². The topological polar surface area (TPSA) is 49.4 Å². The van der Waals surface area contributed by atoms with Crippen LogP contribution >= 0.6 is 0 Å². The molecule has 2 rings (SSSR count). The van der Waals surface area contributed by atoms with Crippen molar-refractivity contribution in [1.82, 2.24) is 4.90 Å². The van der Waals surface area contributed by atoms with Gasteiger partial charge in [0, 0.05) is 18.8 Å². The van der Waals surface area contributed by atoms with Crippen molar-refractivity contribution < 1.29 is 9.59 Å². The lowest BCUT2D eigenvalue weighted by Crippen LogP contribution is -2.44. The van der Waals surface area contributed by atoms with Crippen LogP contribution < -0.4 is 5.32 Å². The van der Waals surface area contributed by atoms with Crippen LogP contribution in [0.4, 0.5) is 5.69 Å². The number of amides is 2. The predicted octanol–water partition coefficient (Wildman–Crippen LogP) is 2.45. The van der Waals surface area contributed by atoms with Gasteiger partial charge in [-0.2, -0.15) is 0 Å². The summed E-state index contributed by atoms with van der Waals surface area (Å²) in [5.74, 6) is -0.483. The molecule has 1 atom stereocenters. The summed E-state index contributed by atoms with van der Waals surface area (Å²) in [6.45, 7) is 5.56. The number of piperidine rings is 1. The third-order valence-corrected chi connectivity index (χ3v) is 3.76. The molecule has 4 nitrogen and oxygen atoms in total. The van der Waals surface area contributed by atoms with Crippen LogP contribution in [0.3, 0.4) is 0 Å². The van der Waals surface area contributed by atoms with E-state index in [9.17, 15) is 9.59 Å². The van der Waals surface area contributed by atoms with E-state index in [1.165, 1.54) is 5.56 Å². The number of hydrogen-bond donors (Lipinski definition) is 1. The van der Waals surface area contributed by atoms with Gasteiger partial charge in [0.05, 0.1) is 0 Å². The molecule has 4 heteroatoms. The van der Waals surface area contributed by atoms with Gasteiger partial charge in [-0.1, -0.05) is 26.0 Å². The zero-order chi connectivity index (χ0) is 14.5. The minimum absolute atomic E-state index is 0.420. The number of anilines is 1. The van der Waals surface area contributed by atoms with E-state index in [4.69, 9.17) is 0 Å². The Hall–Kier alpha value is -1.84. The summed E-state index contributed by atoms with van der Waals surface area (Å²) < 4.78 is 0. The van der Waals surface area contributed by atoms with E-state index >= 15 is 0 Å². The van der Waals surface area contributed by atoms with Crippen LogP contribution in [0.25, 0.3) is 0 Å². The first-order valence-corrected chi connectivity index (χ1v) is 7.29. The molecule has 0 spiro atoms. The average molecular weight is 274 g/mol. The number of likely N-dealkylation sites (tertiary alicyclic amines) is 1. The minimum Gasteiger partial charge on any atom is -0.334 e. The van der Waals surface area contributed by atoms with Crippen molar-refractivity contribution in [2.75, 3.05) is 18.4 Å². The van der Waals surface area contributed by atoms with E-state index in [1.807, 2.05) is 24.3 Å². The van der Waals surface area contributed by atoms with Gasteiger partial charge in [-0.15, -0.1) is 0 Å². The number of aryl methyl sites for hydroxylation is 1. The molecule has 1 aromatic carbocycles. The summed E-state index contributed by atoms with van der Waals surface area (Å²) in [5.41, 5.74) is 1.88. The first-order valence-electron chi connectivity index (χ1n) is 7.29. The Morgan fingerprint density at radius 3 is 2.60 bits per heavy atom. The first kappa shape index (κ1) is 14.6. The fourth-order valence-electron chi connectivity index (χ4n) is 2.53. The van der Waals surface area contributed by atoms with Crippen LogP contribution in [-0.4, -0.2) is 29.8 Å². The van der Waals surface area contributed by atoms with Gasteiger partial charge in [0.2, 0.25) is 0 Å². The summed E-state index contributed by atoms with van der Waals surface area (Å²) in [7, 11) is 0. The molecule has 1 aliphatic rings. The van der Waals surface area contributed by atoms with Gasteiger partial charge in [0.1, 0.15) is 0 Å². The third-order valence-electron chi connectivity index (χ3n) is 3.76. The van der Waals surface area contributed by atoms with Gasteiger partial charge in [0.15, 0.2) is 0 Å². The first-order chi connectivity index (χ1) is 9.60. The van der Waals surface area contributed by atoms with Crippen molar-refractivity contribution in [3.05, 3.63) is 29.8 Å². The zero-order valence-electron chi connectivity index (χ0n) is 12.2. The standard InChI is InChI=1S/C16H22N2O2/c1-3-13-6-8-14(9-7-13)17-15(19)16(20)18-10-4-5-12(2)11-18/h6-9,12H,3-5,10-11H2,1-2H3,(H,17,19). The van der Waals surface area contributed by atoms with Crippen LogP contribution in [0.2, 0.25) is 0 Å². The lowest BCUT2D eigenvalue weighted by atomic mass is 10.0. The number of hydrogen-bond acceptors (Lipinski definition) is 2. The number of nitrogens with one attached hydrogen (secondary N) is 1. The van der Waals surface area contributed by atoms with Gasteiger partial charge in [0.25, 0.3) is 0 Å². The Kier molecular flexibility index (Phi) is 4.77. The second-order valence-electron chi connectivity index (χ2n) is 5.50. The molecule has 0 aromatic heterocycles. The van der Waals surface area contributed by atoms with E-state index in [0.717, 1.165) is 19.3 Å². The predicted molar refractivity (Wildman–Crippen MR) is 79.4 cm³/mol. The minimum atomic E-state index is -0.539. The summed E-state index contributed by atoms with van der Waals surface area (Å²) in [6.07, 6.45) is 3.06. The molecule has 1 fully saturated rings. The smallest absolute Gasteiger partial charge is 0.313 e. The number of carbonyl (C=O) groups is 2. The molecule has 0 saturated carbocycles. The Bertz CT molecular complexity index is 482. The molecule has 0 radical (unpaired) electrons. The number of benzene rings is 1. The van der Waals surface area contributed by atoms with E-state index < -0.39 is 11.8 Å². The quantitative estimate of drug-likeness (QED) is 0.842. The maximum atomic E-state index is 12.1. The Labute approximate surface area is 120 Å². The zero-order valence-corrected chi connectivity index (χ0v) is 12.2. The summed E-state index contributed by atoms with van der Waals surface area (Å²) in [5, 5.41) is 2.67. The normalized spacial score (nSPS) is 18.7. The fraction of sp³-hybridized carbons (Fsp3) is 0.500. The van der Waals surface area contributed by atoms with Gasteiger partial charge < -0.3 is 10.2 Å². The lowest BCUT2D eigenvalue weighted by Gasteiger charge is -2.30. The highest BCUT2D eigenvalue weighted by Gasteiger charge is 2.25. The molecule has 0 aliphatic carbocycles. The van der Waals surface area contributed by atoms with Crippen molar-refractivity contribution in [2.24, 2.45) is 5.92 Å². The monoisotopic (exact) mass is 274 g/mol. The van der Waals surface area contributed by atoms with Crippen LogP contribution in [0, 0.1) is 5.92 Å². The fourth-order valence-corrected chi connectivity index (χ4v) is 2.53. The van der Waals surface area contributed by atoms with Crippen molar-refractivity contribution >= 4 is 17.5 Å². The van der Waals surface area contributed by atoms with Crippen molar-refractivity contribution in [3.63, 3.8) is 0 Å². The van der Waals surface area contributed by atoms with Crippen LogP contribution in [-0.2, 0) is 16.0 Å². The molecule has 20 heavy (non-hydrogen) atoms. The molecule has 1 aliphatic heterocycles. The van der Waals surface area contributed by atoms with Gasteiger partial charge in [-0.05, 0) is 42.9 Å². The van der Waals surface area contributed by atoms with Crippen LogP contribution in [0.15, 0.2) is 24.3 Å². The Balaban J connectivity index is 1.94. The summed E-state index contributed by atoms with van der Waals surface area (Å²) in [6, 6.07) is 7.60. The SMILES string of the molecule is CCc1ccc(NC(=O)C(=O)N2CCCC(C)C2)cc1. The highest BCUT2D eigenvalue weighted by atomic mass is 16.2. The maximum Gasteiger partial charge on any atom is 0.313 e. The molecule has 108 valence electrons. The second-order valence-corrected chi connectivity index (χ2v) is 5.50.